The van der Waals surface area contributed by atoms with Crippen LogP contribution >= 0.6 is 0 Å². The van der Waals surface area contributed by atoms with Crippen LogP contribution in [0.15, 0.2) is 29.3 Å². The van der Waals surface area contributed by atoms with Crippen molar-refractivity contribution in [3.8, 4) is 5.75 Å². The summed E-state index contributed by atoms with van der Waals surface area (Å²) in [6.07, 6.45) is 0.686. The highest BCUT2D eigenvalue weighted by Crippen LogP contribution is 2.14. The van der Waals surface area contributed by atoms with Crippen LogP contribution in [0.1, 0.15) is 19.4 Å². The topological polar surface area (TPSA) is 59.9 Å². The van der Waals surface area contributed by atoms with Crippen LogP contribution in [0, 0.1) is 0 Å². The third-order valence-electron chi connectivity index (χ3n) is 2.55. The number of methoxy groups -OCH3 is 1. The molecule has 0 heterocycles. The Bertz CT molecular complexity index is 415. The van der Waals surface area contributed by atoms with Gasteiger partial charge < -0.3 is 14.8 Å². The van der Waals surface area contributed by atoms with Crippen molar-refractivity contribution in [2.75, 3.05) is 20.4 Å². The summed E-state index contributed by atoms with van der Waals surface area (Å²) in [7, 11) is 1.58. The zero-order chi connectivity index (χ0) is 14.1. The molecular formula is C14H20N2O3. The van der Waals surface area contributed by atoms with E-state index in [2.05, 4.69) is 10.3 Å². The first-order valence-corrected chi connectivity index (χ1v) is 6.19. The molecule has 0 aliphatic rings. The van der Waals surface area contributed by atoms with Crippen LogP contribution < -0.4 is 10.1 Å². The summed E-state index contributed by atoms with van der Waals surface area (Å²) in [6.45, 7) is 4.75. The fourth-order valence-electron chi connectivity index (χ4n) is 1.68. The molecule has 1 amide bonds. The van der Waals surface area contributed by atoms with Gasteiger partial charge in [0, 0.05) is 13.7 Å². The van der Waals surface area contributed by atoms with Gasteiger partial charge in [0.1, 0.15) is 5.75 Å². The zero-order valence-electron chi connectivity index (χ0n) is 11.6. The Morgan fingerprint density at radius 1 is 1.42 bits per heavy atom. The van der Waals surface area contributed by atoms with Crippen LogP contribution in [-0.2, 0) is 9.53 Å². The molecule has 0 aromatic heterocycles. The van der Waals surface area contributed by atoms with Gasteiger partial charge in [-0.05, 0) is 43.7 Å². The lowest BCUT2D eigenvalue weighted by Gasteiger charge is -2.14. The maximum absolute atomic E-state index is 10.5. The molecule has 1 rings (SSSR count). The molecule has 0 bridgehead atoms. The first-order chi connectivity index (χ1) is 9.22. The third kappa shape index (κ3) is 4.71. The van der Waals surface area contributed by atoms with Gasteiger partial charge in [-0.15, -0.1) is 0 Å². The summed E-state index contributed by atoms with van der Waals surface area (Å²) in [6, 6.07) is 7.42. The maximum atomic E-state index is 10.5. The first-order valence-electron chi connectivity index (χ1n) is 6.19. The van der Waals surface area contributed by atoms with Crippen molar-refractivity contribution in [3.63, 3.8) is 0 Å². The van der Waals surface area contributed by atoms with Crippen LogP contribution in [0.3, 0.4) is 0 Å². The van der Waals surface area contributed by atoms with E-state index in [-0.39, 0.29) is 12.8 Å². The largest absolute Gasteiger partial charge is 0.468 e. The standard InChI is InChI=1S/C14H20N2O3/c1-4-15-14(11(2)16-9-17)12-5-7-13(8-6-12)19-10-18-3/h5-9,11H,4,10H2,1-3H3,(H,16,17). The molecule has 19 heavy (non-hydrogen) atoms. The number of benzene rings is 1. The van der Waals surface area contributed by atoms with Gasteiger partial charge in [-0.25, -0.2) is 0 Å². The molecule has 1 aromatic carbocycles. The number of rotatable bonds is 8. The van der Waals surface area contributed by atoms with Gasteiger partial charge in [0.05, 0.1) is 11.8 Å². The molecule has 0 aliphatic carbocycles. The van der Waals surface area contributed by atoms with Crippen LogP contribution in [0.4, 0.5) is 0 Å². The molecule has 1 unspecified atom stereocenters. The van der Waals surface area contributed by atoms with E-state index in [0.29, 0.717) is 13.0 Å². The van der Waals surface area contributed by atoms with E-state index < -0.39 is 0 Å². The van der Waals surface area contributed by atoms with Crippen molar-refractivity contribution in [1.82, 2.24) is 5.32 Å². The van der Waals surface area contributed by atoms with Gasteiger partial charge in [0.15, 0.2) is 6.79 Å². The molecule has 5 nitrogen and oxygen atoms in total. The summed E-state index contributed by atoms with van der Waals surface area (Å²) < 4.78 is 10.2. The average Bonchev–Trinajstić information content (AvgIpc) is 2.43. The van der Waals surface area contributed by atoms with E-state index in [0.717, 1.165) is 17.0 Å². The molecule has 0 saturated heterocycles. The molecule has 1 N–H and O–H groups in total. The summed E-state index contributed by atoms with van der Waals surface area (Å²) in [4.78, 5) is 15.0. The molecule has 0 aliphatic heterocycles. The summed E-state index contributed by atoms with van der Waals surface area (Å²) >= 11 is 0. The van der Waals surface area contributed by atoms with Gasteiger partial charge >= 0.3 is 0 Å². The zero-order valence-corrected chi connectivity index (χ0v) is 11.6. The summed E-state index contributed by atoms with van der Waals surface area (Å²) in [5.41, 5.74) is 1.82. The minimum Gasteiger partial charge on any atom is -0.468 e. The predicted octanol–water partition coefficient (Wildman–Crippen LogP) is 1.61. The highest BCUT2D eigenvalue weighted by atomic mass is 16.7. The number of carbonyl (C=O) groups excluding carboxylic acids is 1. The smallest absolute Gasteiger partial charge is 0.207 e. The molecule has 5 heteroatoms. The number of hydrogen-bond donors (Lipinski definition) is 1. The monoisotopic (exact) mass is 264 g/mol. The van der Waals surface area contributed by atoms with Crippen molar-refractivity contribution >= 4 is 12.1 Å². The van der Waals surface area contributed by atoms with Crippen molar-refractivity contribution in [1.29, 1.82) is 0 Å². The van der Waals surface area contributed by atoms with Gasteiger partial charge in [-0.3, -0.25) is 9.79 Å². The van der Waals surface area contributed by atoms with Gasteiger partial charge in [0.25, 0.3) is 0 Å². The van der Waals surface area contributed by atoms with Crippen LogP contribution in [0.5, 0.6) is 5.75 Å². The molecule has 1 atom stereocenters. The molecule has 1 aromatic rings. The maximum Gasteiger partial charge on any atom is 0.207 e. The van der Waals surface area contributed by atoms with E-state index in [9.17, 15) is 4.79 Å². The number of aliphatic imine (C=N–C) groups is 1. The van der Waals surface area contributed by atoms with E-state index in [1.54, 1.807) is 7.11 Å². The Morgan fingerprint density at radius 2 is 2.11 bits per heavy atom. The Kier molecular flexibility index (Phi) is 6.60. The third-order valence-corrected chi connectivity index (χ3v) is 2.55. The Morgan fingerprint density at radius 3 is 2.63 bits per heavy atom. The quantitative estimate of drug-likeness (QED) is 0.441. The lowest BCUT2D eigenvalue weighted by atomic mass is 10.0. The fraction of sp³-hybridized carbons (Fsp3) is 0.429. The number of amides is 1. The SMILES string of the molecule is CCN=C(c1ccc(OCOC)cc1)C(C)NC=O. The second-order valence-corrected chi connectivity index (χ2v) is 3.94. The fourth-order valence-corrected chi connectivity index (χ4v) is 1.68. The number of ether oxygens (including phenoxy) is 2. The number of hydrogen-bond acceptors (Lipinski definition) is 4. The molecular weight excluding hydrogens is 244 g/mol. The lowest BCUT2D eigenvalue weighted by Crippen LogP contribution is -2.33. The normalized spacial score (nSPS) is 12.9. The van der Waals surface area contributed by atoms with Gasteiger partial charge in [-0.2, -0.15) is 0 Å². The molecule has 0 saturated carbocycles. The van der Waals surface area contributed by atoms with Gasteiger partial charge in [-0.1, -0.05) is 0 Å². The van der Waals surface area contributed by atoms with Crippen LogP contribution in [-0.4, -0.2) is 38.6 Å². The Hall–Kier alpha value is -1.88. The van der Waals surface area contributed by atoms with Crippen molar-refractivity contribution < 1.29 is 14.3 Å². The van der Waals surface area contributed by atoms with E-state index in [1.807, 2.05) is 38.1 Å². The van der Waals surface area contributed by atoms with Crippen molar-refractivity contribution in [2.24, 2.45) is 4.99 Å². The van der Waals surface area contributed by atoms with Crippen LogP contribution in [0.25, 0.3) is 0 Å². The van der Waals surface area contributed by atoms with Gasteiger partial charge in [0.2, 0.25) is 6.41 Å². The highest BCUT2D eigenvalue weighted by molar-refractivity contribution is 6.05. The minimum absolute atomic E-state index is 0.122. The average molecular weight is 264 g/mol. The predicted molar refractivity (Wildman–Crippen MR) is 74.7 cm³/mol. The first kappa shape index (κ1) is 15.2. The second-order valence-electron chi connectivity index (χ2n) is 3.94. The molecule has 104 valence electrons. The minimum atomic E-state index is -0.122. The van der Waals surface area contributed by atoms with Crippen molar-refractivity contribution in [2.45, 2.75) is 19.9 Å². The van der Waals surface area contributed by atoms with E-state index in [4.69, 9.17) is 9.47 Å². The molecule has 0 radical (unpaired) electrons. The Balaban J connectivity index is 2.85. The second kappa shape index (κ2) is 8.26. The number of nitrogens with zero attached hydrogens (tertiary/aromatic N) is 1. The van der Waals surface area contributed by atoms with E-state index >= 15 is 0 Å². The van der Waals surface area contributed by atoms with Crippen LogP contribution in [0.2, 0.25) is 0 Å². The number of carbonyl (C=O) groups is 1. The highest BCUT2D eigenvalue weighted by Gasteiger charge is 2.11. The summed E-state index contributed by atoms with van der Waals surface area (Å²) in [5.74, 6) is 0.734. The molecule has 0 spiro atoms. The Labute approximate surface area is 113 Å². The van der Waals surface area contributed by atoms with E-state index in [1.165, 1.54) is 0 Å². The van der Waals surface area contributed by atoms with Crippen molar-refractivity contribution in [3.05, 3.63) is 29.8 Å². The number of nitrogens with one attached hydrogen (secondary N) is 1. The molecule has 0 fully saturated rings. The summed E-state index contributed by atoms with van der Waals surface area (Å²) in [5, 5.41) is 2.72. The lowest BCUT2D eigenvalue weighted by molar-refractivity contribution is -0.109.